The largest absolute Gasteiger partial charge is 0.405 e. The minimum Gasteiger partial charge on any atom is -0.353 e. The second-order valence-electron chi connectivity index (χ2n) is 6.01. The lowest BCUT2D eigenvalue weighted by Gasteiger charge is -2.36. The van der Waals surface area contributed by atoms with Crippen LogP contribution in [0.3, 0.4) is 0 Å². The molecule has 3 rings (SSSR count). The molecule has 0 aliphatic carbocycles. The van der Waals surface area contributed by atoms with Gasteiger partial charge in [0.15, 0.2) is 0 Å². The summed E-state index contributed by atoms with van der Waals surface area (Å²) >= 11 is 1.42. The number of nitrogens with one attached hydrogen (secondary N) is 2. The third kappa shape index (κ3) is 4.04. The minimum atomic E-state index is -4.35. The predicted molar refractivity (Wildman–Crippen MR) is 87.1 cm³/mol. The Morgan fingerprint density at radius 2 is 2.04 bits per heavy atom. The molecule has 24 heavy (non-hydrogen) atoms. The van der Waals surface area contributed by atoms with Gasteiger partial charge in [-0.1, -0.05) is 18.2 Å². The lowest BCUT2D eigenvalue weighted by Crippen LogP contribution is -2.58. The van der Waals surface area contributed by atoms with E-state index in [1.54, 1.807) is 0 Å². The molecule has 1 fully saturated rings. The van der Waals surface area contributed by atoms with E-state index >= 15 is 0 Å². The summed E-state index contributed by atoms with van der Waals surface area (Å²) in [5.74, 6) is -0.319. The van der Waals surface area contributed by atoms with Gasteiger partial charge in [0, 0.05) is 37.6 Å². The average Bonchev–Trinajstić information content (AvgIpc) is 2.99. The first kappa shape index (κ1) is 17.6. The summed E-state index contributed by atoms with van der Waals surface area (Å²) in [5.41, 5.74) is 1.08. The van der Waals surface area contributed by atoms with Crippen LogP contribution in [0.4, 0.5) is 13.2 Å². The Labute approximate surface area is 143 Å². The fourth-order valence-corrected chi connectivity index (χ4v) is 4.30. The van der Waals surface area contributed by atoms with E-state index in [4.69, 9.17) is 0 Å². The normalized spacial score (nSPS) is 22.9. The molecule has 4 nitrogen and oxygen atoms in total. The van der Waals surface area contributed by atoms with Gasteiger partial charge in [-0.15, -0.1) is 11.8 Å². The maximum absolute atomic E-state index is 13.3. The molecule has 8 heteroatoms. The van der Waals surface area contributed by atoms with Crippen LogP contribution in [-0.2, 0) is 11.2 Å². The van der Waals surface area contributed by atoms with Gasteiger partial charge < -0.3 is 10.6 Å². The van der Waals surface area contributed by atoms with Crippen LogP contribution in [0.2, 0.25) is 0 Å². The quantitative estimate of drug-likeness (QED) is 0.858. The number of benzene rings is 1. The van der Waals surface area contributed by atoms with Crippen molar-refractivity contribution in [2.45, 2.75) is 28.8 Å². The van der Waals surface area contributed by atoms with Crippen LogP contribution < -0.4 is 10.6 Å². The molecule has 2 unspecified atom stereocenters. The van der Waals surface area contributed by atoms with Gasteiger partial charge in [-0.25, -0.2) is 0 Å². The van der Waals surface area contributed by atoms with E-state index in [1.807, 2.05) is 24.3 Å². The van der Waals surface area contributed by atoms with Crippen molar-refractivity contribution in [1.29, 1.82) is 0 Å². The number of hydrogen-bond donors (Lipinski definition) is 2. The van der Waals surface area contributed by atoms with Gasteiger partial charge in [0.05, 0.1) is 5.25 Å². The van der Waals surface area contributed by atoms with E-state index < -0.39 is 18.8 Å². The Balaban J connectivity index is 1.57. The highest BCUT2D eigenvalue weighted by Crippen LogP contribution is 2.36. The maximum atomic E-state index is 13.3. The molecule has 1 aromatic carbocycles. The number of thioether (sulfide) groups is 1. The molecule has 0 radical (unpaired) electrons. The van der Waals surface area contributed by atoms with Crippen LogP contribution in [0.5, 0.6) is 0 Å². The number of alkyl halides is 3. The number of fused-ring (bicyclic) bond motifs is 1. The van der Waals surface area contributed by atoms with Crippen LogP contribution >= 0.6 is 11.8 Å². The van der Waals surface area contributed by atoms with Crippen LogP contribution in [0.15, 0.2) is 29.2 Å². The van der Waals surface area contributed by atoms with Crippen LogP contribution in [0.25, 0.3) is 0 Å². The third-order valence-electron chi connectivity index (χ3n) is 4.38. The van der Waals surface area contributed by atoms with Crippen LogP contribution in [-0.4, -0.2) is 61.0 Å². The van der Waals surface area contributed by atoms with Crippen molar-refractivity contribution in [2.75, 3.05) is 32.7 Å². The SMILES string of the molecule is O=C(NCC(N1CCNCC1)C(F)(F)F)C1Cc2ccccc2S1. The number of halogens is 3. The van der Waals surface area contributed by atoms with Crippen molar-refractivity contribution >= 4 is 17.7 Å². The summed E-state index contributed by atoms with van der Waals surface area (Å²) in [6, 6.07) is 6.07. The molecule has 1 aromatic rings. The lowest BCUT2D eigenvalue weighted by molar-refractivity contribution is -0.184. The Hall–Kier alpha value is -1.25. The van der Waals surface area contributed by atoms with Crippen molar-refractivity contribution in [3.05, 3.63) is 29.8 Å². The zero-order valence-corrected chi connectivity index (χ0v) is 13.9. The van der Waals surface area contributed by atoms with E-state index in [9.17, 15) is 18.0 Å². The molecular weight excluding hydrogens is 339 g/mol. The summed E-state index contributed by atoms with van der Waals surface area (Å²) in [4.78, 5) is 14.7. The number of hydrogen-bond acceptors (Lipinski definition) is 4. The van der Waals surface area contributed by atoms with E-state index in [0.717, 1.165) is 10.5 Å². The molecule has 1 amide bonds. The molecular formula is C16H20F3N3OS. The second-order valence-corrected chi connectivity index (χ2v) is 7.25. The van der Waals surface area contributed by atoms with Crippen LogP contribution in [0, 0.1) is 0 Å². The molecule has 132 valence electrons. The highest BCUT2D eigenvalue weighted by molar-refractivity contribution is 8.01. The topological polar surface area (TPSA) is 44.4 Å². The van der Waals surface area contributed by atoms with E-state index in [1.165, 1.54) is 16.7 Å². The summed E-state index contributed by atoms with van der Waals surface area (Å²) in [7, 11) is 0. The van der Waals surface area contributed by atoms with Gasteiger partial charge in [0.1, 0.15) is 6.04 Å². The highest BCUT2D eigenvalue weighted by Gasteiger charge is 2.44. The Morgan fingerprint density at radius 3 is 2.71 bits per heavy atom. The fraction of sp³-hybridized carbons (Fsp3) is 0.562. The molecule has 0 saturated carbocycles. The van der Waals surface area contributed by atoms with E-state index in [2.05, 4.69) is 10.6 Å². The first-order valence-electron chi connectivity index (χ1n) is 7.99. The van der Waals surface area contributed by atoms with Gasteiger partial charge >= 0.3 is 6.18 Å². The number of nitrogens with zero attached hydrogens (tertiary/aromatic N) is 1. The van der Waals surface area contributed by atoms with Gasteiger partial charge in [-0.3, -0.25) is 9.69 Å². The monoisotopic (exact) mass is 359 g/mol. The number of carbonyl (C=O) groups is 1. The smallest absolute Gasteiger partial charge is 0.353 e. The molecule has 0 bridgehead atoms. The fourth-order valence-electron chi connectivity index (χ4n) is 3.09. The van der Waals surface area contributed by atoms with Crippen LogP contribution in [0.1, 0.15) is 5.56 Å². The average molecular weight is 359 g/mol. The standard InChI is InChI=1S/C16H20F3N3OS/c17-16(18,19)14(22-7-5-20-6-8-22)10-21-15(23)13-9-11-3-1-2-4-12(11)24-13/h1-4,13-14,20H,5-10H2,(H,21,23). The molecule has 2 aliphatic rings. The zero-order chi connectivity index (χ0) is 17.2. The first-order valence-corrected chi connectivity index (χ1v) is 8.87. The summed E-state index contributed by atoms with van der Waals surface area (Å²) < 4.78 is 40.0. The van der Waals surface area contributed by atoms with Crippen molar-refractivity contribution in [2.24, 2.45) is 0 Å². The number of carbonyl (C=O) groups excluding carboxylic acids is 1. The molecule has 2 aliphatic heterocycles. The summed E-state index contributed by atoms with van der Waals surface area (Å²) in [5, 5.41) is 5.21. The molecule has 1 saturated heterocycles. The first-order chi connectivity index (χ1) is 11.4. The zero-order valence-electron chi connectivity index (χ0n) is 13.1. The van der Waals surface area contributed by atoms with Crippen molar-refractivity contribution in [3.63, 3.8) is 0 Å². The Morgan fingerprint density at radius 1 is 1.33 bits per heavy atom. The maximum Gasteiger partial charge on any atom is 0.405 e. The lowest BCUT2D eigenvalue weighted by atomic mass is 10.1. The molecule has 0 aromatic heterocycles. The number of amides is 1. The van der Waals surface area contributed by atoms with Gasteiger partial charge in [-0.2, -0.15) is 13.2 Å². The minimum absolute atomic E-state index is 0.319. The number of piperazine rings is 1. The summed E-state index contributed by atoms with van der Waals surface area (Å²) in [6.45, 7) is 1.35. The number of rotatable bonds is 4. The molecule has 0 spiro atoms. The van der Waals surface area contributed by atoms with Gasteiger partial charge in [-0.05, 0) is 18.1 Å². The molecule has 2 atom stereocenters. The van der Waals surface area contributed by atoms with Crippen molar-refractivity contribution < 1.29 is 18.0 Å². The van der Waals surface area contributed by atoms with Crippen molar-refractivity contribution in [1.82, 2.24) is 15.5 Å². The molecule has 2 N–H and O–H groups in total. The molecule has 2 heterocycles. The summed E-state index contributed by atoms with van der Waals surface area (Å²) in [6.07, 6.45) is -3.78. The van der Waals surface area contributed by atoms with Gasteiger partial charge in [0.25, 0.3) is 0 Å². The highest BCUT2D eigenvalue weighted by atomic mass is 32.2. The second kappa shape index (κ2) is 7.33. The third-order valence-corrected chi connectivity index (χ3v) is 5.70. The van der Waals surface area contributed by atoms with Crippen molar-refractivity contribution in [3.8, 4) is 0 Å². The Kier molecular flexibility index (Phi) is 5.36. The Bertz CT molecular complexity index is 565. The predicted octanol–water partition coefficient (Wildman–Crippen LogP) is 1.66. The van der Waals surface area contributed by atoms with Gasteiger partial charge in [0.2, 0.25) is 5.91 Å². The van der Waals surface area contributed by atoms with E-state index in [-0.39, 0.29) is 11.2 Å². The van der Waals surface area contributed by atoms with E-state index in [0.29, 0.717) is 32.6 Å².